The predicted molar refractivity (Wildman–Crippen MR) is 56.4 cm³/mol. The van der Waals surface area contributed by atoms with Crippen molar-refractivity contribution in [2.75, 3.05) is 5.32 Å². The fraction of sp³-hybridized carbons (Fsp3) is 0.273. The van der Waals surface area contributed by atoms with Crippen LogP contribution in [0.5, 0.6) is 5.75 Å². The first-order valence-electron chi connectivity index (χ1n) is 4.95. The Morgan fingerprint density at radius 3 is 2.56 bits per heavy atom. The Hall–Kier alpha value is -2.04. The summed E-state index contributed by atoms with van der Waals surface area (Å²) in [5.41, 5.74) is 0.181. The summed E-state index contributed by atoms with van der Waals surface area (Å²) in [5.74, 6) is -1.38. The second-order valence-electron chi connectivity index (χ2n) is 3.80. The van der Waals surface area contributed by atoms with Gasteiger partial charge < -0.3 is 15.5 Å². The van der Waals surface area contributed by atoms with Gasteiger partial charge in [0.2, 0.25) is 5.91 Å². The normalized spacial score (nSPS) is 14.5. The molecule has 2 rings (SSSR count). The summed E-state index contributed by atoms with van der Waals surface area (Å²) >= 11 is 0. The molecule has 1 aliphatic rings. The van der Waals surface area contributed by atoms with E-state index >= 15 is 0 Å². The Morgan fingerprint density at radius 2 is 2.00 bits per heavy atom. The van der Waals surface area contributed by atoms with Crippen LogP contribution in [0.15, 0.2) is 18.2 Å². The molecule has 1 aliphatic carbocycles. The van der Waals surface area contributed by atoms with Crippen LogP contribution in [-0.2, 0) is 4.79 Å². The quantitative estimate of drug-likeness (QED) is 0.674. The Kier molecular flexibility index (Phi) is 2.52. The number of carbonyl (C=O) groups is 2. The maximum Gasteiger partial charge on any atom is 0.335 e. The lowest BCUT2D eigenvalue weighted by molar-refractivity contribution is -0.117. The van der Waals surface area contributed by atoms with Crippen LogP contribution >= 0.6 is 0 Å². The third-order valence-electron chi connectivity index (χ3n) is 2.45. The molecule has 0 heterocycles. The van der Waals surface area contributed by atoms with E-state index in [-0.39, 0.29) is 28.8 Å². The number of hydrogen-bond acceptors (Lipinski definition) is 3. The van der Waals surface area contributed by atoms with Crippen molar-refractivity contribution >= 4 is 17.6 Å². The molecule has 0 aromatic heterocycles. The number of rotatable bonds is 3. The van der Waals surface area contributed by atoms with Crippen LogP contribution in [0, 0.1) is 5.92 Å². The SMILES string of the molecule is O=C(O)c1ccc(O)c(NC(=O)C2CC2)c1. The fourth-order valence-corrected chi connectivity index (χ4v) is 1.35. The highest BCUT2D eigenvalue weighted by Crippen LogP contribution is 2.32. The number of aromatic carboxylic acids is 1. The molecular formula is C11H11NO4. The number of phenolic OH excluding ortho intramolecular Hbond substituents is 1. The number of phenols is 1. The van der Waals surface area contributed by atoms with Gasteiger partial charge in [0.25, 0.3) is 0 Å². The molecule has 0 saturated heterocycles. The molecule has 0 spiro atoms. The van der Waals surface area contributed by atoms with E-state index in [0.29, 0.717) is 0 Å². The van der Waals surface area contributed by atoms with E-state index in [0.717, 1.165) is 12.8 Å². The Labute approximate surface area is 91.7 Å². The molecule has 0 atom stereocenters. The molecule has 0 bridgehead atoms. The summed E-state index contributed by atoms with van der Waals surface area (Å²) < 4.78 is 0. The van der Waals surface area contributed by atoms with Gasteiger partial charge in [0.1, 0.15) is 5.75 Å². The van der Waals surface area contributed by atoms with Gasteiger partial charge in [-0.15, -0.1) is 0 Å². The van der Waals surface area contributed by atoms with Gasteiger partial charge in [-0.25, -0.2) is 4.79 Å². The van der Waals surface area contributed by atoms with Crippen LogP contribution < -0.4 is 5.32 Å². The predicted octanol–water partition coefficient (Wildman–Crippen LogP) is 1.44. The van der Waals surface area contributed by atoms with Crippen LogP contribution in [-0.4, -0.2) is 22.1 Å². The highest BCUT2D eigenvalue weighted by Gasteiger charge is 2.30. The van der Waals surface area contributed by atoms with E-state index in [2.05, 4.69) is 5.32 Å². The molecule has 5 nitrogen and oxygen atoms in total. The molecule has 1 saturated carbocycles. The van der Waals surface area contributed by atoms with E-state index in [1.54, 1.807) is 0 Å². The van der Waals surface area contributed by atoms with Gasteiger partial charge >= 0.3 is 5.97 Å². The molecular weight excluding hydrogens is 210 g/mol. The van der Waals surface area contributed by atoms with Crippen molar-refractivity contribution in [1.29, 1.82) is 0 Å². The highest BCUT2D eigenvalue weighted by atomic mass is 16.4. The van der Waals surface area contributed by atoms with Crippen molar-refractivity contribution < 1.29 is 19.8 Å². The van der Waals surface area contributed by atoms with Gasteiger partial charge in [-0.1, -0.05) is 0 Å². The summed E-state index contributed by atoms with van der Waals surface area (Å²) in [6.07, 6.45) is 1.70. The van der Waals surface area contributed by atoms with E-state index < -0.39 is 5.97 Å². The molecule has 1 aromatic rings. The Bertz CT molecular complexity index is 451. The van der Waals surface area contributed by atoms with Crippen LogP contribution in [0.1, 0.15) is 23.2 Å². The summed E-state index contributed by atoms with van der Waals surface area (Å²) in [6, 6.07) is 3.79. The van der Waals surface area contributed by atoms with Crippen molar-refractivity contribution in [1.82, 2.24) is 0 Å². The van der Waals surface area contributed by atoms with Crippen molar-refractivity contribution in [2.45, 2.75) is 12.8 Å². The van der Waals surface area contributed by atoms with Gasteiger partial charge in [0, 0.05) is 5.92 Å². The number of amides is 1. The van der Waals surface area contributed by atoms with Crippen LogP contribution in [0.4, 0.5) is 5.69 Å². The number of benzene rings is 1. The van der Waals surface area contributed by atoms with Crippen molar-refractivity contribution in [3.8, 4) is 5.75 Å². The topological polar surface area (TPSA) is 86.6 Å². The Balaban J connectivity index is 2.20. The second-order valence-corrected chi connectivity index (χ2v) is 3.80. The lowest BCUT2D eigenvalue weighted by atomic mass is 10.2. The number of nitrogens with one attached hydrogen (secondary N) is 1. The highest BCUT2D eigenvalue weighted by molar-refractivity contribution is 5.97. The van der Waals surface area contributed by atoms with E-state index in [9.17, 15) is 14.7 Å². The fourth-order valence-electron chi connectivity index (χ4n) is 1.35. The zero-order chi connectivity index (χ0) is 11.7. The average molecular weight is 221 g/mol. The molecule has 3 N–H and O–H groups in total. The molecule has 1 amide bonds. The molecule has 1 fully saturated rings. The Morgan fingerprint density at radius 1 is 1.31 bits per heavy atom. The molecule has 0 radical (unpaired) electrons. The molecule has 84 valence electrons. The van der Waals surface area contributed by atoms with Gasteiger partial charge in [-0.2, -0.15) is 0 Å². The van der Waals surface area contributed by atoms with Gasteiger partial charge in [0.05, 0.1) is 11.3 Å². The molecule has 16 heavy (non-hydrogen) atoms. The third kappa shape index (κ3) is 2.13. The standard InChI is InChI=1S/C11H11NO4/c13-9-4-3-7(11(15)16)5-8(9)12-10(14)6-1-2-6/h3-6,13H,1-2H2,(H,12,14)(H,15,16). The number of carboxylic acids is 1. The zero-order valence-electron chi connectivity index (χ0n) is 8.43. The van der Waals surface area contributed by atoms with E-state index in [4.69, 9.17) is 5.11 Å². The lowest BCUT2D eigenvalue weighted by Gasteiger charge is -2.07. The van der Waals surface area contributed by atoms with Crippen molar-refractivity contribution in [2.24, 2.45) is 5.92 Å². The monoisotopic (exact) mass is 221 g/mol. The minimum absolute atomic E-state index is 0.00730. The maximum atomic E-state index is 11.4. The van der Waals surface area contributed by atoms with Gasteiger partial charge in [0.15, 0.2) is 0 Å². The minimum atomic E-state index is -1.10. The molecule has 1 aromatic carbocycles. The number of carboxylic acid groups (broad SMARTS) is 1. The first-order chi connectivity index (χ1) is 7.58. The summed E-state index contributed by atoms with van der Waals surface area (Å²) in [4.78, 5) is 22.1. The lowest BCUT2D eigenvalue weighted by Crippen LogP contribution is -2.13. The van der Waals surface area contributed by atoms with Crippen molar-refractivity contribution in [3.05, 3.63) is 23.8 Å². The van der Waals surface area contributed by atoms with E-state index in [1.807, 2.05) is 0 Å². The number of hydrogen-bond donors (Lipinski definition) is 3. The van der Waals surface area contributed by atoms with Crippen LogP contribution in [0.25, 0.3) is 0 Å². The second kappa shape index (κ2) is 3.84. The minimum Gasteiger partial charge on any atom is -0.506 e. The van der Waals surface area contributed by atoms with Crippen molar-refractivity contribution in [3.63, 3.8) is 0 Å². The average Bonchev–Trinajstić information content (AvgIpc) is 3.04. The van der Waals surface area contributed by atoms with Gasteiger partial charge in [-0.3, -0.25) is 4.79 Å². The number of anilines is 1. The van der Waals surface area contributed by atoms with Gasteiger partial charge in [-0.05, 0) is 31.0 Å². The first-order valence-corrected chi connectivity index (χ1v) is 4.95. The third-order valence-corrected chi connectivity index (χ3v) is 2.45. The summed E-state index contributed by atoms with van der Waals surface area (Å²) in [5, 5.41) is 20.7. The number of aromatic hydroxyl groups is 1. The van der Waals surface area contributed by atoms with E-state index in [1.165, 1.54) is 18.2 Å². The number of carbonyl (C=O) groups excluding carboxylic acids is 1. The smallest absolute Gasteiger partial charge is 0.335 e. The maximum absolute atomic E-state index is 11.4. The first kappa shape index (κ1) is 10.5. The molecule has 0 aliphatic heterocycles. The molecule has 0 unspecified atom stereocenters. The molecule has 5 heteroatoms. The van der Waals surface area contributed by atoms with Crippen LogP contribution in [0.2, 0.25) is 0 Å². The van der Waals surface area contributed by atoms with Crippen LogP contribution in [0.3, 0.4) is 0 Å². The largest absolute Gasteiger partial charge is 0.506 e. The summed E-state index contributed by atoms with van der Waals surface area (Å²) in [7, 11) is 0. The zero-order valence-corrected chi connectivity index (χ0v) is 8.43. The summed E-state index contributed by atoms with van der Waals surface area (Å²) in [6.45, 7) is 0.